The van der Waals surface area contributed by atoms with Gasteiger partial charge >= 0.3 is 0 Å². The van der Waals surface area contributed by atoms with E-state index in [2.05, 4.69) is 35.3 Å². The van der Waals surface area contributed by atoms with Gasteiger partial charge in [-0.05, 0) is 95.2 Å². The Morgan fingerprint density at radius 3 is 1.71 bits per heavy atom. The van der Waals surface area contributed by atoms with Gasteiger partial charge in [-0.15, -0.1) is 38.0 Å². The Morgan fingerprint density at radius 1 is 0.707 bits per heavy atom. The number of nitrogens with one attached hydrogen (secondary N) is 1. The molecule has 2 saturated heterocycles. The van der Waals surface area contributed by atoms with Crippen molar-refractivity contribution in [3.8, 4) is 0 Å². The van der Waals surface area contributed by atoms with E-state index in [0.29, 0.717) is 25.2 Å². The first-order valence-corrected chi connectivity index (χ1v) is 16.4. The highest BCUT2D eigenvalue weighted by Crippen LogP contribution is 2.28. The Balaban J connectivity index is 0.000000391. The topological polar surface area (TPSA) is 63.0 Å². The lowest BCUT2D eigenvalue weighted by molar-refractivity contribution is 0.0617. The van der Waals surface area contributed by atoms with Gasteiger partial charge in [0.15, 0.2) is 0 Å². The second kappa shape index (κ2) is 23.2. The fourth-order valence-corrected chi connectivity index (χ4v) is 7.47. The molecule has 0 radical (unpaired) electrons. The van der Waals surface area contributed by atoms with Crippen LogP contribution in [0.4, 0.5) is 0 Å². The van der Waals surface area contributed by atoms with Crippen molar-refractivity contribution in [1.29, 1.82) is 0 Å². The quantitative estimate of drug-likeness (QED) is 0.197. The molecule has 4 aliphatic rings. The van der Waals surface area contributed by atoms with Crippen LogP contribution in [0.15, 0.2) is 25.3 Å². The number of nitrogens with two attached hydrogens (primary N) is 1. The van der Waals surface area contributed by atoms with E-state index in [1.165, 1.54) is 116 Å². The van der Waals surface area contributed by atoms with Gasteiger partial charge in [-0.1, -0.05) is 37.8 Å². The summed E-state index contributed by atoms with van der Waals surface area (Å²) in [5.41, 5.74) is 6.27. The summed E-state index contributed by atoms with van der Waals surface area (Å²) in [6.45, 7) is 18.0. The normalized spacial score (nSPS) is 31.1. The van der Waals surface area contributed by atoms with Crippen molar-refractivity contribution in [3.05, 3.63) is 25.3 Å². The highest BCUT2D eigenvalue weighted by Gasteiger charge is 2.29. The summed E-state index contributed by atoms with van der Waals surface area (Å²) >= 11 is 0. The van der Waals surface area contributed by atoms with Crippen molar-refractivity contribution >= 4 is 24.8 Å². The molecule has 0 aromatic rings. The van der Waals surface area contributed by atoms with Crippen LogP contribution in [0, 0.1) is 23.7 Å². The highest BCUT2D eigenvalue weighted by atomic mass is 35.5. The molecule has 6 atom stereocenters. The Hall–Kier alpha value is -0.180. The number of ether oxygens (including phenoxy) is 2. The molecule has 2 saturated carbocycles. The molecule has 2 heterocycles. The molecule has 8 heteroatoms. The van der Waals surface area contributed by atoms with Gasteiger partial charge in [0.25, 0.3) is 0 Å². The Labute approximate surface area is 265 Å². The van der Waals surface area contributed by atoms with Gasteiger partial charge in [0.1, 0.15) is 0 Å². The largest absolute Gasteiger partial charge is 0.377 e. The third kappa shape index (κ3) is 14.9. The molecule has 0 aromatic heterocycles. The number of nitrogens with zero attached hydrogens (tertiary/aromatic N) is 2. The predicted molar refractivity (Wildman–Crippen MR) is 180 cm³/mol. The standard InChI is InChI=1S/C17H32N2O.C16H30N2O.2ClH/c1-3-11-20-14-15-7-6-10-19(12-15)13-16-8-4-5-9-17(16)18-2;1-2-10-19-13-14-6-5-9-18(11-14)12-15-7-3-4-8-16(15)17;;/h3,15-18H,1,4-14H2,2H3;2,14-16H,1,3-13,17H2;2*1H/t15-,16?,17?;14-,15?,16?;;/m11../s1. The van der Waals surface area contributed by atoms with Crippen molar-refractivity contribution in [2.75, 3.05) is 72.7 Å². The fraction of sp³-hybridized carbons (Fsp3) is 0.879. The molecule has 6 nitrogen and oxygen atoms in total. The minimum absolute atomic E-state index is 0. The molecule has 2 aliphatic heterocycles. The van der Waals surface area contributed by atoms with Gasteiger partial charge in [-0.25, -0.2) is 0 Å². The van der Waals surface area contributed by atoms with Crippen LogP contribution in [0.1, 0.15) is 77.0 Å². The van der Waals surface area contributed by atoms with Crippen molar-refractivity contribution in [2.45, 2.75) is 89.1 Å². The lowest BCUT2D eigenvalue weighted by Gasteiger charge is -2.39. The molecule has 0 bridgehead atoms. The van der Waals surface area contributed by atoms with Gasteiger partial charge in [-0.3, -0.25) is 0 Å². The van der Waals surface area contributed by atoms with Crippen molar-refractivity contribution in [2.24, 2.45) is 29.4 Å². The van der Waals surface area contributed by atoms with E-state index in [0.717, 1.165) is 37.0 Å². The van der Waals surface area contributed by atoms with Crippen LogP contribution >= 0.6 is 24.8 Å². The highest BCUT2D eigenvalue weighted by molar-refractivity contribution is 5.85. The van der Waals surface area contributed by atoms with Gasteiger partial charge in [0.05, 0.1) is 26.4 Å². The zero-order chi connectivity index (χ0) is 27.7. The molecule has 242 valence electrons. The zero-order valence-corrected chi connectivity index (χ0v) is 27.8. The molecular weight excluding hydrogens is 555 g/mol. The third-order valence-electron chi connectivity index (χ3n) is 9.62. The summed E-state index contributed by atoms with van der Waals surface area (Å²) in [6, 6.07) is 1.17. The number of hydrogen-bond acceptors (Lipinski definition) is 6. The maximum atomic E-state index is 6.27. The average molecular weight is 620 g/mol. The first-order valence-electron chi connectivity index (χ1n) is 16.4. The lowest BCUT2D eigenvalue weighted by Crippen LogP contribution is -2.46. The molecule has 4 unspecified atom stereocenters. The summed E-state index contributed by atoms with van der Waals surface area (Å²) in [6.07, 6.45) is 19.8. The monoisotopic (exact) mass is 618 g/mol. The lowest BCUT2D eigenvalue weighted by atomic mass is 9.83. The number of piperidine rings is 2. The van der Waals surface area contributed by atoms with E-state index in [1.54, 1.807) is 0 Å². The summed E-state index contributed by atoms with van der Waals surface area (Å²) in [5, 5.41) is 3.53. The number of halogens is 2. The van der Waals surface area contributed by atoms with Gasteiger partial charge in [0, 0.05) is 38.3 Å². The van der Waals surface area contributed by atoms with Crippen LogP contribution in [0.5, 0.6) is 0 Å². The third-order valence-corrected chi connectivity index (χ3v) is 9.62. The van der Waals surface area contributed by atoms with Crippen LogP contribution in [0.25, 0.3) is 0 Å². The molecule has 2 aliphatic carbocycles. The van der Waals surface area contributed by atoms with E-state index < -0.39 is 0 Å². The van der Waals surface area contributed by atoms with Crippen molar-refractivity contribution in [1.82, 2.24) is 15.1 Å². The van der Waals surface area contributed by atoms with E-state index in [-0.39, 0.29) is 24.8 Å². The van der Waals surface area contributed by atoms with Gasteiger partial charge in [0.2, 0.25) is 0 Å². The summed E-state index contributed by atoms with van der Waals surface area (Å²) < 4.78 is 11.3. The number of hydrogen-bond donors (Lipinski definition) is 2. The first-order chi connectivity index (χ1) is 19.1. The molecule has 0 aromatic carbocycles. The van der Waals surface area contributed by atoms with E-state index in [4.69, 9.17) is 15.2 Å². The Morgan fingerprint density at radius 2 is 1.20 bits per heavy atom. The molecule has 0 amide bonds. The van der Waals surface area contributed by atoms with Crippen LogP contribution in [-0.2, 0) is 9.47 Å². The Bertz CT molecular complexity index is 673. The van der Waals surface area contributed by atoms with Crippen molar-refractivity contribution in [3.63, 3.8) is 0 Å². The zero-order valence-electron chi connectivity index (χ0n) is 26.2. The van der Waals surface area contributed by atoms with E-state index in [9.17, 15) is 0 Å². The Kier molecular flexibility index (Phi) is 22.0. The maximum absolute atomic E-state index is 6.27. The van der Waals surface area contributed by atoms with E-state index >= 15 is 0 Å². The second-order valence-corrected chi connectivity index (χ2v) is 12.8. The van der Waals surface area contributed by atoms with Crippen LogP contribution < -0.4 is 11.1 Å². The number of likely N-dealkylation sites (tertiary alicyclic amines) is 2. The summed E-state index contributed by atoms with van der Waals surface area (Å²) in [7, 11) is 2.13. The molecule has 41 heavy (non-hydrogen) atoms. The minimum Gasteiger partial charge on any atom is -0.377 e. The van der Waals surface area contributed by atoms with Crippen LogP contribution in [0.3, 0.4) is 0 Å². The average Bonchev–Trinajstić information content (AvgIpc) is 2.96. The van der Waals surface area contributed by atoms with Gasteiger partial charge in [-0.2, -0.15) is 0 Å². The van der Waals surface area contributed by atoms with E-state index in [1.807, 2.05) is 12.2 Å². The van der Waals surface area contributed by atoms with Crippen molar-refractivity contribution < 1.29 is 9.47 Å². The summed E-state index contributed by atoms with van der Waals surface area (Å²) in [5.74, 6) is 3.00. The predicted octanol–water partition coefficient (Wildman–Crippen LogP) is 5.94. The second-order valence-electron chi connectivity index (χ2n) is 12.8. The molecular formula is C33H64Cl2N4O2. The maximum Gasteiger partial charge on any atom is 0.0644 e. The SMILES string of the molecule is C=CCOC[C@@H]1CCCN(CC2CCCCC2N)C1.C=CCOC[C@@H]1CCCN(CC2CCCCC2NC)C1.Cl.Cl. The smallest absolute Gasteiger partial charge is 0.0644 e. The van der Waals surface area contributed by atoms with Crippen LogP contribution in [-0.4, -0.2) is 94.6 Å². The molecule has 4 rings (SSSR count). The molecule has 4 fully saturated rings. The van der Waals surface area contributed by atoms with Gasteiger partial charge < -0.3 is 30.3 Å². The minimum atomic E-state index is 0. The first kappa shape index (κ1) is 38.8. The molecule has 0 spiro atoms. The number of rotatable bonds is 13. The fourth-order valence-electron chi connectivity index (χ4n) is 7.47. The molecule has 3 N–H and O–H groups in total. The van der Waals surface area contributed by atoms with Crippen LogP contribution in [0.2, 0.25) is 0 Å². The summed E-state index contributed by atoms with van der Waals surface area (Å²) in [4.78, 5) is 5.31.